The fourth-order valence-electron chi connectivity index (χ4n) is 1.67. The Morgan fingerprint density at radius 1 is 1.11 bits per heavy atom. The first kappa shape index (κ1) is 12.3. The average molecular weight is 244 g/mol. The second kappa shape index (κ2) is 5.96. The molecule has 0 bridgehead atoms. The summed E-state index contributed by atoms with van der Waals surface area (Å²) in [6.07, 6.45) is 0.895. The van der Waals surface area contributed by atoms with Gasteiger partial charge in [0.25, 0.3) is 0 Å². The van der Waals surface area contributed by atoms with Crippen molar-refractivity contribution < 1.29 is 13.9 Å². The summed E-state index contributed by atoms with van der Waals surface area (Å²) in [4.78, 5) is 10.5. The number of carbonyl (C=O) groups excluding carboxylic acids is 1. The second-order valence-corrected chi connectivity index (χ2v) is 3.90. The van der Waals surface area contributed by atoms with Crippen molar-refractivity contribution >= 4 is 6.29 Å². The molecule has 0 aliphatic carbocycles. The summed E-state index contributed by atoms with van der Waals surface area (Å²) < 4.78 is 18.7. The molecule has 0 aliphatic rings. The minimum Gasteiger partial charge on any atom is -0.489 e. The van der Waals surface area contributed by atoms with Gasteiger partial charge in [-0.3, -0.25) is 0 Å². The molecule has 2 aromatic carbocycles. The Morgan fingerprint density at radius 3 is 2.61 bits per heavy atom. The monoisotopic (exact) mass is 244 g/mol. The molecule has 0 radical (unpaired) electrons. The maximum Gasteiger partial charge on any atom is 0.124 e. The standard InChI is InChI=1S/C15H13FO2/c16-14-6-7-15(13(10-14)8-9-17)18-11-12-4-2-1-3-5-12/h1-7,9-10H,8,11H2. The lowest BCUT2D eigenvalue weighted by molar-refractivity contribution is -0.107. The van der Waals surface area contributed by atoms with Crippen LogP contribution in [0.5, 0.6) is 5.75 Å². The minimum atomic E-state index is -0.362. The van der Waals surface area contributed by atoms with Crippen molar-refractivity contribution in [2.45, 2.75) is 13.0 Å². The lowest BCUT2D eigenvalue weighted by Crippen LogP contribution is -1.99. The SMILES string of the molecule is O=CCc1cc(F)ccc1OCc1ccccc1. The van der Waals surface area contributed by atoms with Crippen molar-refractivity contribution in [3.8, 4) is 5.75 Å². The van der Waals surface area contributed by atoms with E-state index in [1.807, 2.05) is 30.3 Å². The largest absolute Gasteiger partial charge is 0.489 e. The van der Waals surface area contributed by atoms with Gasteiger partial charge in [0.1, 0.15) is 24.5 Å². The minimum absolute atomic E-state index is 0.155. The van der Waals surface area contributed by atoms with Crippen LogP contribution in [-0.4, -0.2) is 6.29 Å². The maximum atomic E-state index is 13.1. The van der Waals surface area contributed by atoms with Crippen molar-refractivity contribution in [3.05, 3.63) is 65.5 Å². The van der Waals surface area contributed by atoms with Gasteiger partial charge in [0, 0.05) is 12.0 Å². The first-order valence-electron chi connectivity index (χ1n) is 5.68. The molecule has 0 unspecified atom stereocenters. The molecule has 0 saturated carbocycles. The van der Waals surface area contributed by atoms with Crippen LogP contribution < -0.4 is 4.74 Å². The molecule has 2 nitrogen and oxygen atoms in total. The Morgan fingerprint density at radius 2 is 1.89 bits per heavy atom. The number of hydrogen-bond acceptors (Lipinski definition) is 2. The van der Waals surface area contributed by atoms with E-state index in [0.29, 0.717) is 17.9 Å². The Hall–Kier alpha value is -2.16. The summed E-state index contributed by atoms with van der Waals surface area (Å²) in [6, 6.07) is 13.9. The van der Waals surface area contributed by atoms with E-state index < -0.39 is 0 Å². The zero-order valence-electron chi connectivity index (χ0n) is 9.80. The Bertz CT molecular complexity index is 523. The van der Waals surface area contributed by atoms with E-state index in [1.54, 1.807) is 6.07 Å². The van der Waals surface area contributed by atoms with Crippen LogP contribution in [0.1, 0.15) is 11.1 Å². The summed E-state index contributed by atoms with van der Waals surface area (Å²) in [5, 5.41) is 0. The van der Waals surface area contributed by atoms with Gasteiger partial charge in [-0.15, -0.1) is 0 Å². The van der Waals surface area contributed by atoms with E-state index in [4.69, 9.17) is 4.74 Å². The van der Waals surface area contributed by atoms with Crippen molar-refractivity contribution in [2.24, 2.45) is 0 Å². The third-order valence-electron chi connectivity index (χ3n) is 2.56. The number of aldehydes is 1. The zero-order valence-corrected chi connectivity index (χ0v) is 9.80. The van der Waals surface area contributed by atoms with Crippen LogP contribution in [0.2, 0.25) is 0 Å². The maximum absolute atomic E-state index is 13.1. The van der Waals surface area contributed by atoms with Crippen molar-refractivity contribution in [3.63, 3.8) is 0 Å². The highest BCUT2D eigenvalue weighted by atomic mass is 19.1. The average Bonchev–Trinajstić information content (AvgIpc) is 2.39. The highest BCUT2D eigenvalue weighted by molar-refractivity contribution is 5.57. The van der Waals surface area contributed by atoms with Crippen molar-refractivity contribution in [1.29, 1.82) is 0 Å². The van der Waals surface area contributed by atoms with Gasteiger partial charge in [0.05, 0.1) is 0 Å². The van der Waals surface area contributed by atoms with Crippen LogP contribution in [0, 0.1) is 5.82 Å². The normalized spacial score (nSPS) is 10.1. The van der Waals surface area contributed by atoms with E-state index in [-0.39, 0.29) is 12.2 Å². The van der Waals surface area contributed by atoms with Crippen LogP contribution in [-0.2, 0) is 17.8 Å². The summed E-state index contributed by atoms with van der Waals surface area (Å²) in [5.74, 6) is 0.186. The van der Waals surface area contributed by atoms with Gasteiger partial charge in [-0.2, -0.15) is 0 Å². The van der Waals surface area contributed by atoms with Gasteiger partial charge >= 0.3 is 0 Å². The highest BCUT2D eigenvalue weighted by Crippen LogP contribution is 2.21. The smallest absolute Gasteiger partial charge is 0.124 e. The van der Waals surface area contributed by atoms with Gasteiger partial charge in [-0.1, -0.05) is 30.3 Å². The molecule has 0 aliphatic heterocycles. The van der Waals surface area contributed by atoms with E-state index in [2.05, 4.69) is 0 Å². The van der Waals surface area contributed by atoms with E-state index in [0.717, 1.165) is 11.8 Å². The molecular weight excluding hydrogens is 231 g/mol. The fourth-order valence-corrected chi connectivity index (χ4v) is 1.67. The molecule has 18 heavy (non-hydrogen) atoms. The highest BCUT2D eigenvalue weighted by Gasteiger charge is 2.05. The Kier molecular flexibility index (Phi) is 4.07. The van der Waals surface area contributed by atoms with Crippen LogP contribution in [0.3, 0.4) is 0 Å². The summed E-state index contributed by atoms with van der Waals surface area (Å²) in [7, 11) is 0. The number of benzene rings is 2. The molecule has 0 N–H and O–H groups in total. The van der Waals surface area contributed by atoms with Gasteiger partial charge in [-0.05, 0) is 23.8 Å². The molecule has 92 valence electrons. The molecule has 0 amide bonds. The van der Waals surface area contributed by atoms with Crippen molar-refractivity contribution in [1.82, 2.24) is 0 Å². The van der Waals surface area contributed by atoms with Gasteiger partial charge in [0.2, 0.25) is 0 Å². The second-order valence-electron chi connectivity index (χ2n) is 3.90. The number of rotatable bonds is 5. The predicted octanol–water partition coefficient (Wildman–Crippen LogP) is 3.15. The van der Waals surface area contributed by atoms with Crippen LogP contribution >= 0.6 is 0 Å². The third kappa shape index (κ3) is 3.17. The lowest BCUT2D eigenvalue weighted by Gasteiger charge is -2.10. The number of ether oxygens (including phenoxy) is 1. The van der Waals surface area contributed by atoms with E-state index in [1.165, 1.54) is 12.1 Å². The molecular formula is C15H13FO2. The van der Waals surface area contributed by atoms with Crippen molar-refractivity contribution in [2.75, 3.05) is 0 Å². The van der Waals surface area contributed by atoms with Crippen LogP contribution in [0.25, 0.3) is 0 Å². The predicted molar refractivity (Wildman–Crippen MR) is 66.9 cm³/mol. The molecule has 0 spiro atoms. The van der Waals surface area contributed by atoms with Gasteiger partial charge in [0.15, 0.2) is 0 Å². The molecule has 0 heterocycles. The summed E-state index contributed by atoms with van der Waals surface area (Å²) in [5.41, 5.74) is 1.60. The molecule has 0 atom stereocenters. The molecule has 0 fully saturated rings. The van der Waals surface area contributed by atoms with E-state index in [9.17, 15) is 9.18 Å². The Balaban J connectivity index is 2.11. The quantitative estimate of drug-likeness (QED) is 0.755. The Labute approximate surface area is 105 Å². The van der Waals surface area contributed by atoms with E-state index >= 15 is 0 Å². The summed E-state index contributed by atoms with van der Waals surface area (Å²) >= 11 is 0. The summed E-state index contributed by atoms with van der Waals surface area (Å²) in [6.45, 7) is 0.401. The first-order chi connectivity index (χ1) is 8.79. The molecule has 2 rings (SSSR count). The molecule has 0 aromatic heterocycles. The molecule has 0 saturated heterocycles. The number of hydrogen-bond donors (Lipinski definition) is 0. The number of halogens is 1. The molecule has 3 heteroatoms. The first-order valence-corrected chi connectivity index (χ1v) is 5.68. The zero-order chi connectivity index (χ0) is 12.8. The van der Waals surface area contributed by atoms with Crippen LogP contribution in [0.4, 0.5) is 4.39 Å². The molecule has 2 aromatic rings. The third-order valence-corrected chi connectivity index (χ3v) is 2.56. The van der Waals surface area contributed by atoms with Gasteiger partial charge < -0.3 is 9.53 Å². The number of carbonyl (C=O) groups is 1. The lowest BCUT2D eigenvalue weighted by atomic mass is 10.1. The fraction of sp³-hybridized carbons (Fsp3) is 0.133. The topological polar surface area (TPSA) is 26.3 Å². The van der Waals surface area contributed by atoms with Crippen LogP contribution in [0.15, 0.2) is 48.5 Å². The van der Waals surface area contributed by atoms with Gasteiger partial charge in [-0.25, -0.2) is 4.39 Å².